The highest BCUT2D eigenvalue weighted by Crippen LogP contribution is 2.32. The molecule has 0 spiro atoms. The van der Waals surface area contributed by atoms with Gasteiger partial charge in [0.2, 0.25) is 0 Å². The monoisotopic (exact) mass is 399 g/mol. The van der Waals surface area contributed by atoms with Gasteiger partial charge in [-0.2, -0.15) is 5.10 Å². The van der Waals surface area contributed by atoms with Crippen molar-refractivity contribution in [3.8, 4) is 0 Å². The molecular weight excluding hydrogens is 376 g/mol. The standard InChI is InChI=1S/C21H23F2N5O/c1-12(14-5-4-6-15(7-14)21(3,22)23)25-20-18-8-16(28-10-17(29)11-28)9-24-19(18)13(2)26-27-20/h4-9,12,17,29H,10-11H2,1-3H3,(H,25,27)/t12-/m1/s1. The molecule has 0 amide bonds. The molecule has 0 aliphatic carbocycles. The molecule has 8 heteroatoms. The van der Waals surface area contributed by atoms with Crippen LogP contribution in [-0.4, -0.2) is 39.5 Å². The predicted molar refractivity (Wildman–Crippen MR) is 108 cm³/mol. The zero-order chi connectivity index (χ0) is 20.8. The number of anilines is 2. The first-order valence-electron chi connectivity index (χ1n) is 9.53. The minimum absolute atomic E-state index is 0.0243. The van der Waals surface area contributed by atoms with Gasteiger partial charge in [0, 0.05) is 31.0 Å². The Morgan fingerprint density at radius 3 is 2.69 bits per heavy atom. The smallest absolute Gasteiger partial charge is 0.270 e. The number of aromatic nitrogens is 3. The average molecular weight is 399 g/mol. The Hall–Kier alpha value is -2.87. The van der Waals surface area contributed by atoms with E-state index in [0.717, 1.165) is 29.1 Å². The summed E-state index contributed by atoms with van der Waals surface area (Å²) in [6.07, 6.45) is 1.45. The van der Waals surface area contributed by atoms with E-state index in [9.17, 15) is 13.9 Å². The predicted octanol–water partition coefficient (Wildman–Crippen LogP) is 3.80. The van der Waals surface area contributed by atoms with Crippen molar-refractivity contribution >= 4 is 22.4 Å². The fraction of sp³-hybridized carbons (Fsp3) is 0.381. The van der Waals surface area contributed by atoms with Crippen LogP contribution in [0.1, 0.15) is 36.7 Å². The van der Waals surface area contributed by atoms with E-state index >= 15 is 0 Å². The summed E-state index contributed by atoms with van der Waals surface area (Å²) in [5.41, 5.74) is 3.05. The summed E-state index contributed by atoms with van der Waals surface area (Å²) >= 11 is 0. The van der Waals surface area contributed by atoms with E-state index in [1.807, 2.05) is 30.9 Å². The molecule has 0 radical (unpaired) electrons. The quantitative estimate of drug-likeness (QED) is 0.680. The van der Waals surface area contributed by atoms with Crippen LogP contribution >= 0.6 is 0 Å². The molecular formula is C21H23F2N5O. The molecule has 1 fully saturated rings. The van der Waals surface area contributed by atoms with Crippen LogP contribution in [0.4, 0.5) is 20.3 Å². The van der Waals surface area contributed by atoms with Gasteiger partial charge in [-0.25, -0.2) is 8.78 Å². The van der Waals surface area contributed by atoms with E-state index in [2.05, 4.69) is 20.5 Å². The first-order valence-corrected chi connectivity index (χ1v) is 9.53. The molecule has 1 saturated heterocycles. The molecule has 2 N–H and O–H groups in total. The van der Waals surface area contributed by atoms with Crippen molar-refractivity contribution in [2.24, 2.45) is 0 Å². The number of benzene rings is 1. The second-order valence-corrected chi connectivity index (χ2v) is 7.66. The fourth-order valence-electron chi connectivity index (χ4n) is 3.46. The van der Waals surface area contributed by atoms with Gasteiger partial charge >= 0.3 is 0 Å². The van der Waals surface area contributed by atoms with Crippen LogP contribution in [0.25, 0.3) is 10.9 Å². The zero-order valence-electron chi connectivity index (χ0n) is 16.5. The minimum Gasteiger partial charge on any atom is -0.389 e. The lowest BCUT2D eigenvalue weighted by Crippen LogP contribution is -2.50. The third-order valence-electron chi connectivity index (χ3n) is 5.25. The maximum Gasteiger partial charge on any atom is 0.270 e. The van der Waals surface area contributed by atoms with E-state index in [1.54, 1.807) is 12.3 Å². The van der Waals surface area contributed by atoms with Gasteiger partial charge in [-0.1, -0.05) is 18.2 Å². The molecule has 29 heavy (non-hydrogen) atoms. The van der Waals surface area contributed by atoms with Crippen LogP contribution in [-0.2, 0) is 5.92 Å². The fourth-order valence-corrected chi connectivity index (χ4v) is 3.46. The van der Waals surface area contributed by atoms with Gasteiger partial charge < -0.3 is 15.3 Å². The normalized spacial score (nSPS) is 16.0. The number of fused-ring (bicyclic) bond motifs is 1. The summed E-state index contributed by atoms with van der Waals surface area (Å²) in [5, 5.41) is 22.1. The Balaban J connectivity index is 1.66. The number of hydrogen-bond acceptors (Lipinski definition) is 6. The average Bonchev–Trinajstić information content (AvgIpc) is 2.67. The van der Waals surface area contributed by atoms with Crippen LogP contribution in [0.2, 0.25) is 0 Å². The molecule has 0 unspecified atom stereocenters. The van der Waals surface area contributed by atoms with E-state index < -0.39 is 5.92 Å². The van der Waals surface area contributed by atoms with Gasteiger partial charge in [0.15, 0.2) is 5.82 Å². The van der Waals surface area contributed by atoms with Crippen molar-refractivity contribution in [1.82, 2.24) is 15.2 Å². The molecule has 0 saturated carbocycles. The number of pyridine rings is 1. The molecule has 2 aromatic heterocycles. The Bertz CT molecular complexity index is 1050. The number of β-amino-alcohol motifs (C(OH)–C–C–N with tert-alkyl or cyclic N) is 1. The lowest BCUT2D eigenvalue weighted by atomic mass is 10.0. The second kappa shape index (κ2) is 7.18. The van der Waals surface area contributed by atoms with Crippen molar-refractivity contribution < 1.29 is 13.9 Å². The van der Waals surface area contributed by atoms with E-state index in [0.29, 0.717) is 24.6 Å². The van der Waals surface area contributed by atoms with Gasteiger partial charge in [-0.3, -0.25) is 4.98 Å². The number of aliphatic hydroxyl groups excluding tert-OH is 1. The molecule has 1 atom stereocenters. The summed E-state index contributed by atoms with van der Waals surface area (Å²) < 4.78 is 27.4. The molecule has 3 heterocycles. The van der Waals surface area contributed by atoms with Crippen molar-refractivity contribution in [2.45, 2.75) is 38.8 Å². The zero-order valence-corrected chi connectivity index (χ0v) is 16.5. The lowest BCUT2D eigenvalue weighted by Gasteiger charge is -2.37. The Kier molecular flexibility index (Phi) is 4.82. The summed E-state index contributed by atoms with van der Waals surface area (Å²) in [6, 6.07) is 8.09. The number of hydrogen-bond donors (Lipinski definition) is 2. The summed E-state index contributed by atoms with van der Waals surface area (Å²) in [7, 11) is 0. The molecule has 4 rings (SSSR count). The van der Waals surface area contributed by atoms with Gasteiger partial charge in [-0.15, -0.1) is 5.10 Å². The number of nitrogens with zero attached hydrogens (tertiary/aromatic N) is 4. The summed E-state index contributed by atoms with van der Waals surface area (Å²) in [6.45, 7) is 5.77. The first-order chi connectivity index (χ1) is 13.7. The van der Waals surface area contributed by atoms with Gasteiger partial charge in [-0.05, 0) is 31.5 Å². The third kappa shape index (κ3) is 3.85. The number of alkyl halides is 2. The number of aliphatic hydroxyl groups is 1. The molecule has 3 aromatic rings. The topological polar surface area (TPSA) is 74.2 Å². The maximum absolute atomic E-state index is 13.7. The molecule has 1 aliphatic heterocycles. The van der Waals surface area contributed by atoms with Crippen LogP contribution in [0.15, 0.2) is 36.5 Å². The van der Waals surface area contributed by atoms with Crippen molar-refractivity contribution in [3.63, 3.8) is 0 Å². The SMILES string of the molecule is Cc1nnc(N[C@H](C)c2cccc(C(C)(F)F)c2)c2cc(N3CC(O)C3)cnc12. The Morgan fingerprint density at radius 2 is 2.00 bits per heavy atom. The maximum atomic E-state index is 13.7. The number of rotatable bonds is 5. The van der Waals surface area contributed by atoms with Crippen molar-refractivity contribution in [2.75, 3.05) is 23.3 Å². The third-order valence-corrected chi connectivity index (χ3v) is 5.25. The second-order valence-electron chi connectivity index (χ2n) is 7.66. The molecule has 1 aliphatic rings. The van der Waals surface area contributed by atoms with E-state index in [4.69, 9.17) is 0 Å². The van der Waals surface area contributed by atoms with Gasteiger partial charge in [0.25, 0.3) is 5.92 Å². The van der Waals surface area contributed by atoms with Crippen LogP contribution in [0, 0.1) is 6.92 Å². The summed E-state index contributed by atoms with van der Waals surface area (Å²) in [5.74, 6) is -2.35. The van der Waals surface area contributed by atoms with Crippen LogP contribution < -0.4 is 10.2 Å². The minimum atomic E-state index is -2.90. The van der Waals surface area contributed by atoms with Gasteiger partial charge in [0.05, 0.1) is 35.2 Å². The summed E-state index contributed by atoms with van der Waals surface area (Å²) in [4.78, 5) is 6.57. The highest BCUT2D eigenvalue weighted by atomic mass is 19.3. The van der Waals surface area contributed by atoms with Crippen LogP contribution in [0.3, 0.4) is 0 Å². The van der Waals surface area contributed by atoms with Crippen molar-refractivity contribution in [1.29, 1.82) is 0 Å². The number of aryl methyl sites for hydroxylation is 1. The van der Waals surface area contributed by atoms with E-state index in [1.165, 1.54) is 12.1 Å². The first kappa shape index (κ1) is 19.4. The van der Waals surface area contributed by atoms with Crippen molar-refractivity contribution in [3.05, 3.63) is 53.3 Å². The van der Waals surface area contributed by atoms with Gasteiger partial charge in [0.1, 0.15) is 0 Å². The lowest BCUT2D eigenvalue weighted by molar-refractivity contribution is 0.0174. The highest BCUT2D eigenvalue weighted by molar-refractivity contribution is 5.92. The molecule has 6 nitrogen and oxygen atoms in total. The molecule has 152 valence electrons. The van der Waals surface area contributed by atoms with E-state index in [-0.39, 0.29) is 17.7 Å². The highest BCUT2D eigenvalue weighted by Gasteiger charge is 2.26. The number of nitrogens with one attached hydrogen (secondary N) is 1. The Morgan fingerprint density at radius 1 is 1.24 bits per heavy atom. The molecule has 1 aromatic carbocycles. The largest absolute Gasteiger partial charge is 0.389 e. The van der Waals surface area contributed by atoms with Crippen LogP contribution in [0.5, 0.6) is 0 Å². The number of halogens is 2. The molecule has 0 bridgehead atoms. The Labute approximate surface area is 167 Å².